The number of carbonyl (C=O) groups excluding carboxylic acids is 1. The molecule has 1 aliphatic heterocycles. The highest BCUT2D eigenvalue weighted by molar-refractivity contribution is 5.90. The van der Waals surface area contributed by atoms with Gasteiger partial charge in [0.15, 0.2) is 11.4 Å². The van der Waals surface area contributed by atoms with E-state index in [1.165, 1.54) is 12.8 Å². The molecule has 0 amide bonds. The van der Waals surface area contributed by atoms with E-state index in [1.54, 1.807) is 0 Å². The van der Waals surface area contributed by atoms with Crippen molar-refractivity contribution < 1.29 is 9.53 Å². The number of unbranched alkanes of at least 4 members (excludes halogenated alkanes) is 1. The first kappa shape index (κ1) is 9.20. The normalized spacial score (nSPS) is 36.8. The average molecular weight is 182 g/mol. The van der Waals surface area contributed by atoms with Crippen molar-refractivity contribution in [3.05, 3.63) is 0 Å². The Morgan fingerprint density at radius 3 is 3.08 bits per heavy atom. The number of epoxide rings is 1. The molecule has 0 bridgehead atoms. The zero-order chi connectivity index (χ0) is 9.31. The molecule has 0 aromatic heterocycles. The van der Waals surface area contributed by atoms with Crippen molar-refractivity contribution in [1.29, 1.82) is 0 Å². The summed E-state index contributed by atoms with van der Waals surface area (Å²) in [4.78, 5) is 11.8. The van der Waals surface area contributed by atoms with Crippen molar-refractivity contribution in [3.63, 3.8) is 0 Å². The molecule has 2 heteroatoms. The second kappa shape index (κ2) is 3.41. The van der Waals surface area contributed by atoms with Crippen molar-refractivity contribution in [2.75, 3.05) is 0 Å². The summed E-state index contributed by atoms with van der Waals surface area (Å²) < 4.78 is 5.57. The summed E-state index contributed by atoms with van der Waals surface area (Å²) in [5.41, 5.74) is -0.284. The summed E-state index contributed by atoms with van der Waals surface area (Å²) in [7, 11) is 0. The Hall–Kier alpha value is -0.370. The minimum absolute atomic E-state index is 0.284. The number of ether oxygens (including phenoxy) is 1. The Kier molecular flexibility index (Phi) is 2.41. The smallest absolute Gasteiger partial charge is 0.167 e. The number of rotatable bonds is 4. The average Bonchev–Trinajstić information content (AvgIpc) is 2.89. The first-order valence-corrected chi connectivity index (χ1v) is 5.51. The molecule has 13 heavy (non-hydrogen) atoms. The van der Waals surface area contributed by atoms with Crippen LogP contribution in [0.5, 0.6) is 0 Å². The Morgan fingerprint density at radius 1 is 1.54 bits per heavy atom. The molecule has 0 N–H and O–H groups in total. The minimum Gasteiger partial charge on any atom is -0.358 e. The summed E-state index contributed by atoms with van der Waals surface area (Å²) in [6.07, 6.45) is 7.67. The van der Waals surface area contributed by atoms with E-state index in [9.17, 15) is 4.79 Å². The number of hydrogen-bond donors (Lipinski definition) is 0. The highest BCUT2D eigenvalue weighted by Gasteiger charge is 2.61. The van der Waals surface area contributed by atoms with Crippen molar-refractivity contribution in [2.24, 2.45) is 0 Å². The Morgan fingerprint density at radius 2 is 2.38 bits per heavy atom. The zero-order valence-corrected chi connectivity index (χ0v) is 8.34. The largest absolute Gasteiger partial charge is 0.358 e. The first-order valence-electron chi connectivity index (χ1n) is 5.51. The second-order valence-corrected chi connectivity index (χ2v) is 4.27. The van der Waals surface area contributed by atoms with Gasteiger partial charge in [-0.05, 0) is 25.7 Å². The molecule has 2 rings (SSSR count). The second-order valence-electron chi connectivity index (χ2n) is 4.27. The Bertz CT molecular complexity index is 212. The van der Waals surface area contributed by atoms with E-state index in [4.69, 9.17) is 4.74 Å². The molecule has 0 spiro atoms. The van der Waals surface area contributed by atoms with Crippen LogP contribution in [0, 0.1) is 0 Å². The SMILES string of the molecule is CCCCC(=O)C12CCCCC1O2. The molecule has 2 fully saturated rings. The molecular weight excluding hydrogens is 164 g/mol. The van der Waals surface area contributed by atoms with Gasteiger partial charge in [0.05, 0.1) is 6.10 Å². The summed E-state index contributed by atoms with van der Waals surface area (Å²) in [5, 5.41) is 0. The van der Waals surface area contributed by atoms with Gasteiger partial charge >= 0.3 is 0 Å². The number of Topliss-reactive ketones (excluding diaryl/α,β-unsaturated/α-hetero) is 1. The first-order chi connectivity index (χ1) is 6.29. The molecule has 1 saturated heterocycles. The van der Waals surface area contributed by atoms with Crippen LogP contribution in [-0.2, 0) is 9.53 Å². The molecule has 2 aliphatic rings. The van der Waals surface area contributed by atoms with Gasteiger partial charge in [-0.2, -0.15) is 0 Å². The predicted octanol–water partition coefficient (Wildman–Crippen LogP) is 2.46. The van der Waals surface area contributed by atoms with E-state index in [0.717, 1.165) is 32.1 Å². The van der Waals surface area contributed by atoms with Gasteiger partial charge in [0.25, 0.3) is 0 Å². The summed E-state index contributed by atoms with van der Waals surface area (Å²) >= 11 is 0. The summed E-state index contributed by atoms with van der Waals surface area (Å²) in [5.74, 6) is 0.374. The van der Waals surface area contributed by atoms with Gasteiger partial charge in [-0.1, -0.05) is 19.8 Å². The van der Waals surface area contributed by atoms with Crippen LogP contribution >= 0.6 is 0 Å². The number of carbonyl (C=O) groups is 1. The van der Waals surface area contributed by atoms with Gasteiger partial charge in [-0.3, -0.25) is 4.79 Å². The van der Waals surface area contributed by atoms with Gasteiger partial charge in [0.1, 0.15) is 0 Å². The van der Waals surface area contributed by atoms with Crippen LogP contribution in [-0.4, -0.2) is 17.5 Å². The van der Waals surface area contributed by atoms with Crippen molar-refractivity contribution in [1.82, 2.24) is 0 Å². The monoisotopic (exact) mass is 182 g/mol. The maximum absolute atomic E-state index is 11.8. The molecule has 0 aromatic rings. The van der Waals surface area contributed by atoms with Crippen molar-refractivity contribution in [2.45, 2.75) is 63.6 Å². The van der Waals surface area contributed by atoms with E-state index >= 15 is 0 Å². The van der Waals surface area contributed by atoms with Gasteiger partial charge in [0.2, 0.25) is 0 Å². The molecule has 0 radical (unpaired) electrons. The molecular formula is C11H18O2. The number of fused-ring (bicyclic) bond motifs is 1. The fourth-order valence-corrected chi connectivity index (χ4v) is 2.38. The molecule has 0 aromatic carbocycles. The highest BCUT2D eigenvalue weighted by Crippen LogP contribution is 2.49. The third-order valence-corrected chi connectivity index (χ3v) is 3.31. The van der Waals surface area contributed by atoms with Gasteiger partial charge in [-0.25, -0.2) is 0 Å². The standard InChI is InChI=1S/C11H18O2/c1-2-3-6-9(12)11-8-5-4-7-10(11)13-11/h10H,2-8H2,1H3. The van der Waals surface area contributed by atoms with Crippen molar-refractivity contribution in [3.8, 4) is 0 Å². The maximum atomic E-state index is 11.8. The molecule has 2 unspecified atom stereocenters. The third kappa shape index (κ3) is 1.52. The lowest BCUT2D eigenvalue weighted by Gasteiger charge is -2.15. The van der Waals surface area contributed by atoms with Gasteiger partial charge in [0, 0.05) is 6.42 Å². The quantitative estimate of drug-likeness (QED) is 0.625. The highest BCUT2D eigenvalue weighted by atomic mass is 16.6. The van der Waals surface area contributed by atoms with E-state index in [0.29, 0.717) is 11.9 Å². The molecule has 1 heterocycles. The topological polar surface area (TPSA) is 29.6 Å². The zero-order valence-electron chi connectivity index (χ0n) is 8.34. The van der Waals surface area contributed by atoms with Gasteiger partial charge < -0.3 is 4.74 Å². The van der Waals surface area contributed by atoms with Crippen LogP contribution in [0.1, 0.15) is 51.9 Å². The maximum Gasteiger partial charge on any atom is 0.167 e. The fourth-order valence-electron chi connectivity index (χ4n) is 2.38. The fraction of sp³-hybridized carbons (Fsp3) is 0.909. The Balaban J connectivity index is 1.89. The molecule has 2 atom stereocenters. The lowest BCUT2D eigenvalue weighted by molar-refractivity contribution is -0.124. The lowest BCUT2D eigenvalue weighted by Crippen LogP contribution is -2.29. The van der Waals surface area contributed by atoms with E-state index in [-0.39, 0.29) is 5.60 Å². The third-order valence-electron chi connectivity index (χ3n) is 3.31. The predicted molar refractivity (Wildman–Crippen MR) is 50.6 cm³/mol. The molecule has 1 aliphatic carbocycles. The molecule has 74 valence electrons. The van der Waals surface area contributed by atoms with Crippen LogP contribution < -0.4 is 0 Å². The van der Waals surface area contributed by atoms with E-state index in [2.05, 4.69) is 6.92 Å². The summed E-state index contributed by atoms with van der Waals surface area (Å²) in [6.45, 7) is 2.12. The van der Waals surface area contributed by atoms with Crippen LogP contribution in [0.15, 0.2) is 0 Å². The summed E-state index contributed by atoms with van der Waals surface area (Å²) in [6, 6.07) is 0. The van der Waals surface area contributed by atoms with Crippen LogP contribution in [0.3, 0.4) is 0 Å². The Labute approximate surface area is 79.7 Å². The van der Waals surface area contributed by atoms with Gasteiger partial charge in [-0.15, -0.1) is 0 Å². The molecule has 1 saturated carbocycles. The van der Waals surface area contributed by atoms with Crippen molar-refractivity contribution >= 4 is 5.78 Å². The van der Waals surface area contributed by atoms with E-state index in [1.807, 2.05) is 0 Å². The van der Waals surface area contributed by atoms with Crippen LogP contribution in [0.2, 0.25) is 0 Å². The lowest BCUT2D eigenvalue weighted by atomic mass is 9.84. The molecule has 2 nitrogen and oxygen atoms in total. The van der Waals surface area contributed by atoms with Crippen LogP contribution in [0.4, 0.5) is 0 Å². The van der Waals surface area contributed by atoms with Crippen LogP contribution in [0.25, 0.3) is 0 Å². The minimum atomic E-state index is -0.284. The van der Waals surface area contributed by atoms with E-state index < -0.39 is 0 Å². The number of hydrogen-bond acceptors (Lipinski definition) is 2. The number of ketones is 1.